The van der Waals surface area contributed by atoms with Crippen LogP contribution in [0.3, 0.4) is 0 Å². The van der Waals surface area contributed by atoms with Crippen LogP contribution in [0.5, 0.6) is 11.5 Å². The van der Waals surface area contributed by atoms with Gasteiger partial charge in [-0.15, -0.1) is 0 Å². The number of aryl methyl sites for hydroxylation is 1. The zero-order valence-electron chi connectivity index (χ0n) is 34.5. The van der Waals surface area contributed by atoms with Gasteiger partial charge in [0.1, 0.15) is 22.7 Å². The maximum absolute atomic E-state index is 13.9. The zero-order chi connectivity index (χ0) is 43.5. The van der Waals surface area contributed by atoms with Crippen LogP contribution in [0.2, 0.25) is 10.0 Å². The van der Waals surface area contributed by atoms with Crippen molar-refractivity contribution in [1.29, 1.82) is 5.41 Å². The number of anilines is 2. The van der Waals surface area contributed by atoms with Crippen molar-refractivity contribution in [2.45, 2.75) is 50.8 Å². The number of carbonyl (C=O) groups is 1. The summed E-state index contributed by atoms with van der Waals surface area (Å²) in [5, 5.41) is 24.1. The third kappa shape index (κ3) is 10.8. The molecule has 61 heavy (non-hydrogen) atoms. The summed E-state index contributed by atoms with van der Waals surface area (Å²) in [5.74, 6) is -0.451. The van der Waals surface area contributed by atoms with Crippen molar-refractivity contribution in [2.24, 2.45) is 18.4 Å². The van der Waals surface area contributed by atoms with Gasteiger partial charge in [0, 0.05) is 94.6 Å². The SMILES string of the molecule is Cn1cc(Oc2cc(N3CCN(CC4=C(c5ccc(Cl)cc5)CC(C)(C)CC4)CC3)ccc2C(=O)NS(=O)(=O)c2ccc(NCC3CCOCC3)c([N+](=O)[O-])c2)cc(Cl)c1=N. The molecule has 2 fully saturated rings. The summed E-state index contributed by atoms with van der Waals surface area (Å²) in [5.41, 5.74) is 4.75. The number of rotatable bonds is 13. The molecule has 17 heteroatoms. The van der Waals surface area contributed by atoms with E-state index in [0.29, 0.717) is 32.8 Å². The van der Waals surface area contributed by atoms with E-state index in [4.69, 9.17) is 38.1 Å². The van der Waals surface area contributed by atoms with Gasteiger partial charge in [-0.2, -0.15) is 0 Å². The fourth-order valence-electron chi connectivity index (χ4n) is 8.13. The Morgan fingerprint density at radius 3 is 2.43 bits per heavy atom. The van der Waals surface area contributed by atoms with Gasteiger partial charge in [-0.1, -0.05) is 54.8 Å². The number of benzene rings is 3. The van der Waals surface area contributed by atoms with Crippen LogP contribution in [0.15, 0.2) is 83.4 Å². The minimum Gasteiger partial charge on any atom is -0.455 e. The van der Waals surface area contributed by atoms with Gasteiger partial charge in [-0.3, -0.25) is 25.2 Å². The number of amides is 1. The standard InChI is InChI=1S/C44H51Cl2N7O7S/c1-44(2)15-12-31(37(25-44)30-4-6-32(45)7-5-30)27-51-16-18-52(19-17-51)33-8-10-36(41(22-33)60-34-23-38(46)42(47)50(3)28-34)43(54)49-61(57,58)35-9-11-39(40(24-35)53(55)56)48-26-29-13-20-59-21-14-29/h4-11,22-24,28-29,47-48H,12-21,25-27H2,1-3H3,(H,49,54). The van der Waals surface area contributed by atoms with Crippen molar-refractivity contribution in [3.8, 4) is 11.5 Å². The van der Waals surface area contributed by atoms with E-state index < -0.39 is 31.4 Å². The third-order valence-electron chi connectivity index (χ3n) is 11.8. The first-order valence-corrected chi connectivity index (χ1v) is 22.6. The lowest BCUT2D eigenvalue weighted by atomic mass is 9.72. The number of piperazine rings is 1. The first-order valence-electron chi connectivity index (χ1n) is 20.4. The highest BCUT2D eigenvalue weighted by molar-refractivity contribution is 7.90. The molecular weight excluding hydrogens is 841 g/mol. The minimum absolute atomic E-state index is 0.0524. The second kappa shape index (κ2) is 18.6. The highest BCUT2D eigenvalue weighted by Crippen LogP contribution is 2.43. The fraction of sp³-hybridized carbons (Fsp3) is 0.409. The number of sulfonamides is 1. The average molecular weight is 893 g/mol. The highest BCUT2D eigenvalue weighted by atomic mass is 35.5. The Kier molecular flexibility index (Phi) is 13.4. The lowest BCUT2D eigenvalue weighted by Gasteiger charge is -2.39. The smallest absolute Gasteiger partial charge is 0.293 e. The number of nitro groups is 1. The van der Waals surface area contributed by atoms with Gasteiger partial charge in [0.15, 0.2) is 0 Å². The molecule has 1 amide bonds. The number of nitro benzene ring substituents is 1. The molecule has 0 radical (unpaired) electrons. The van der Waals surface area contributed by atoms with Crippen LogP contribution in [0.25, 0.3) is 5.57 Å². The topological polar surface area (TPSA) is 172 Å². The molecule has 3 heterocycles. The average Bonchev–Trinajstić information content (AvgIpc) is 3.23. The summed E-state index contributed by atoms with van der Waals surface area (Å²) in [6.45, 7) is 10.2. The van der Waals surface area contributed by atoms with Gasteiger partial charge in [0.2, 0.25) is 0 Å². The van der Waals surface area contributed by atoms with Crippen molar-refractivity contribution in [3.05, 3.63) is 115 Å². The van der Waals surface area contributed by atoms with Crippen LogP contribution in [0, 0.1) is 26.9 Å². The number of hydrogen-bond donors (Lipinski definition) is 3. The van der Waals surface area contributed by atoms with Gasteiger partial charge in [-0.25, -0.2) is 13.1 Å². The van der Waals surface area contributed by atoms with E-state index in [2.05, 4.69) is 45.8 Å². The molecule has 2 aliphatic heterocycles. The third-order valence-corrected chi connectivity index (χ3v) is 13.6. The Morgan fingerprint density at radius 2 is 1.74 bits per heavy atom. The molecule has 324 valence electrons. The summed E-state index contributed by atoms with van der Waals surface area (Å²) < 4.78 is 42.5. The first kappa shape index (κ1) is 44.1. The Bertz CT molecular complexity index is 2470. The Hall–Kier alpha value is -4.93. The molecule has 3 N–H and O–H groups in total. The zero-order valence-corrected chi connectivity index (χ0v) is 36.8. The van der Waals surface area contributed by atoms with Crippen LogP contribution < -0.4 is 25.2 Å². The molecule has 0 bridgehead atoms. The summed E-state index contributed by atoms with van der Waals surface area (Å²) in [6, 6.07) is 18.0. The van der Waals surface area contributed by atoms with E-state index in [0.717, 1.165) is 68.5 Å². The lowest BCUT2D eigenvalue weighted by molar-refractivity contribution is -0.384. The normalized spacial score (nSPS) is 17.6. The highest BCUT2D eigenvalue weighted by Gasteiger charge is 2.31. The monoisotopic (exact) mass is 891 g/mol. The number of nitrogens with one attached hydrogen (secondary N) is 3. The second-order valence-electron chi connectivity index (χ2n) is 16.8. The maximum Gasteiger partial charge on any atom is 0.293 e. The molecule has 3 aromatic carbocycles. The van der Waals surface area contributed by atoms with Gasteiger partial charge in [0.25, 0.3) is 21.6 Å². The van der Waals surface area contributed by atoms with E-state index in [1.165, 1.54) is 51.7 Å². The molecule has 0 saturated carbocycles. The Labute approximate surface area is 366 Å². The van der Waals surface area contributed by atoms with Crippen LogP contribution in [0.1, 0.15) is 61.9 Å². The summed E-state index contributed by atoms with van der Waals surface area (Å²) in [6.07, 6.45) is 6.32. The summed E-state index contributed by atoms with van der Waals surface area (Å²) in [7, 11) is -2.95. The van der Waals surface area contributed by atoms with E-state index in [1.807, 2.05) is 12.1 Å². The van der Waals surface area contributed by atoms with Crippen molar-refractivity contribution in [1.82, 2.24) is 14.2 Å². The lowest BCUT2D eigenvalue weighted by Crippen LogP contribution is -2.47. The molecule has 2 saturated heterocycles. The molecule has 7 rings (SSSR count). The molecule has 0 unspecified atom stereocenters. The molecule has 0 spiro atoms. The molecule has 1 aromatic heterocycles. The van der Waals surface area contributed by atoms with Crippen LogP contribution in [-0.2, 0) is 21.8 Å². The fourth-order valence-corrected chi connectivity index (χ4v) is 9.49. The van der Waals surface area contributed by atoms with E-state index in [1.54, 1.807) is 19.2 Å². The number of nitrogens with zero attached hydrogens (tertiary/aromatic N) is 4. The van der Waals surface area contributed by atoms with Crippen LogP contribution >= 0.6 is 23.2 Å². The van der Waals surface area contributed by atoms with Crippen LogP contribution in [0.4, 0.5) is 17.1 Å². The predicted octanol–water partition coefficient (Wildman–Crippen LogP) is 8.25. The van der Waals surface area contributed by atoms with E-state index in [-0.39, 0.29) is 44.6 Å². The molecule has 14 nitrogen and oxygen atoms in total. The number of ether oxygens (including phenoxy) is 2. The number of pyridine rings is 1. The predicted molar refractivity (Wildman–Crippen MR) is 237 cm³/mol. The molecule has 1 aliphatic carbocycles. The minimum atomic E-state index is -4.58. The Morgan fingerprint density at radius 1 is 1.02 bits per heavy atom. The van der Waals surface area contributed by atoms with Gasteiger partial charge >= 0.3 is 0 Å². The summed E-state index contributed by atoms with van der Waals surface area (Å²) >= 11 is 12.6. The maximum atomic E-state index is 13.9. The molecule has 4 aromatic rings. The van der Waals surface area contributed by atoms with Crippen molar-refractivity contribution in [3.63, 3.8) is 0 Å². The van der Waals surface area contributed by atoms with Crippen LogP contribution in [-0.4, -0.2) is 81.2 Å². The second-order valence-corrected chi connectivity index (χ2v) is 19.3. The Balaban J connectivity index is 1.10. The number of allylic oxidation sites excluding steroid dienone is 1. The largest absolute Gasteiger partial charge is 0.455 e. The van der Waals surface area contributed by atoms with Crippen molar-refractivity contribution in [2.75, 3.05) is 62.7 Å². The number of hydrogen-bond acceptors (Lipinski definition) is 11. The quantitative estimate of drug-likeness (QED) is 0.0877. The van der Waals surface area contributed by atoms with Gasteiger partial charge < -0.3 is 24.3 Å². The number of halogens is 2. The first-order chi connectivity index (χ1) is 29.0. The van der Waals surface area contributed by atoms with Gasteiger partial charge in [-0.05, 0) is 91.0 Å². The molecule has 3 aliphatic rings. The van der Waals surface area contributed by atoms with E-state index >= 15 is 0 Å². The summed E-state index contributed by atoms with van der Waals surface area (Å²) in [4.78, 5) is 29.5. The van der Waals surface area contributed by atoms with E-state index in [9.17, 15) is 23.3 Å². The number of carbonyl (C=O) groups excluding carboxylic acids is 1. The molecule has 0 atom stereocenters. The van der Waals surface area contributed by atoms with Crippen molar-refractivity contribution >= 4 is 61.8 Å². The molecular formula is C44H51Cl2N7O7S. The van der Waals surface area contributed by atoms with Crippen molar-refractivity contribution < 1.29 is 27.6 Å². The number of aromatic nitrogens is 1. The van der Waals surface area contributed by atoms with Gasteiger partial charge in [0.05, 0.1) is 20.4 Å².